The van der Waals surface area contributed by atoms with Gasteiger partial charge in [0, 0.05) is 22.5 Å². The highest BCUT2D eigenvalue weighted by Gasteiger charge is 2.11. The fraction of sp³-hybridized carbons (Fsp3) is 0.167. The van der Waals surface area contributed by atoms with Crippen molar-refractivity contribution < 1.29 is 0 Å². The molecule has 2 nitrogen and oxygen atoms in total. The topological polar surface area (TPSA) is 38.9 Å². The largest absolute Gasteiger partial charge is 0.326 e. The summed E-state index contributed by atoms with van der Waals surface area (Å²) in [5, 5.41) is 1.05. The van der Waals surface area contributed by atoms with E-state index in [4.69, 9.17) is 10.7 Å². The lowest BCUT2D eigenvalue weighted by atomic mass is 10.1. The Balaban J connectivity index is 2.02. The van der Waals surface area contributed by atoms with Crippen molar-refractivity contribution in [2.24, 2.45) is 5.73 Å². The maximum absolute atomic E-state index is 5.72. The van der Waals surface area contributed by atoms with E-state index >= 15 is 0 Å². The molecule has 0 fully saturated rings. The number of nitrogens with two attached hydrogens (primary N) is 1. The Morgan fingerprint density at radius 3 is 2.48 bits per heavy atom. The Labute approximate surface area is 129 Å². The van der Waals surface area contributed by atoms with E-state index < -0.39 is 0 Å². The minimum atomic E-state index is 0.559. The molecule has 1 heterocycles. The van der Waals surface area contributed by atoms with Crippen LogP contribution in [0.1, 0.15) is 16.0 Å². The van der Waals surface area contributed by atoms with Gasteiger partial charge in [0.2, 0.25) is 0 Å². The molecular weight excluding hydrogens is 276 g/mol. The molecule has 0 bridgehead atoms. The highest BCUT2D eigenvalue weighted by Crippen LogP contribution is 2.33. The maximum Gasteiger partial charge on any atom is 0.124 e. The van der Waals surface area contributed by atoms with Crippen LogP contribution in [0.5, 0.6) is 0 Å². The average Bonchev–Trinajstić information content (AvgIpc) is 2.90. The Hall–Kier alpha value is -1.97. The van der Waals surface area contributed by atoms with Gasteiger partial charge in [0.1, 0.15) is 5.01 Å². The Morgan fingerprint density at radius 1 is 1.00 bits per heavy atom. The van der Waals surface area contributed by atoms with Crippen LogP contribution >= 0.6 is 11.3 Å². The number of benzene rings is 2. The first-order valence-electron chi connectivity index (χ1n) is 7.01. The monoisotopic (exact) mass is 294 g/mol. The molecule has 0 saturated heterocycles. The second kappa shape index (κ2) is 5.80. The van der Waals surface area contributed by atoms with Crippen LogP contribution in [0.25, 0.3) is 21.8 Å². The molecule has 0 saturated carbocycles. The normalized spacial score (nSPS) is 10.8. The zero-order valence-corrected chi connectivity index (χ0v) is 13.1. The van der Waals surface area contributed by atoms with Gasteiger partial charge < -0.3 is 5.73 Å². The molecule has 2 N–H and O–H groups in total. The first kappa shape index (κ1) is 14.0. The van der Waals surface area contributed by atoms with Gasteiger partial charge in [-0.25, -0.2) is 4.98 Å². The average molecular weight is 294 g/mol. The van der Waals surface area contributed by atoms with E-state index in [0.29, 0.717) is 6.54 Å². The van der Waals surface area contributed by atoms with Gasteiger partial charge in [-0.05, 0) is 25.5 Å². The van der Waals surface area contributed by atoms with Gasteiger partial charge in [-0.2, -0.15) is 0 Å². The van der Waals surface area contributed by atoms with Crippen LogP contribution in [0.15, 0.2) is 48.5 Å². The Bertz CT molecular complexity index is 757. The van der Waals surface area contributed by atoms with Gasteiger partial charge in [-0.1, -0.05) is 48.0 Å². The summed E-state index contributed by atoms with van der Waals surface area (Å²) in [6, 6.07) is 16.8. The third kappa shape index (κ3) is 2.89. The van der Waals surface area contributed by atoms with Gasteiger partial charge in [-0.15, -0.1) is 11.3 Å². The van der Waals surface area contributed by atoms with Crippen molar-refractivity contribution in [1.82, 2.24) is 4.98 Å². The second-order valence-electron chi connectivity index (χ2n) is 5.19. The number of nitrogens with zero attached hydrogens (tertiary/aromatic N) is 1. The van der Waals surface area contributed by atoms with Crippen LogP contribution in [0.4, 0.5) is 0 Å². The molecule has 0 atom stereocenters. The number of thiazole rings is 1. The van der Waals surface area contributed by atoms with Crippen molar-refractivity contribution in [2.45, 2.75) is 20.4 Å². The molecule has 0 aliphatic rings. The zero-order chi connectivity index (χ0) is 14.8. The maximum atomic E-state index is 5.72. The van der Waals surface area contributed by atoms with Gasteiger partial charge in [0.25, 0.3) is 0 Å². The van der Waals surface area contributed by atoms with E-state index in [-0.39, 0.29) is 0 Å². The molecule has 0 aliphatic carbocycles. The van der Waals surface area contributed by atoms with E-state index in [2.05, 4.69) is 50.2 Å². The lowest BCUT2D eigenvalue weighted by molar-refractivity contribution is 1.07. The molecule has 3 aromatic rings. The van der Waals surface area contributed by atoms with E-state index in [1.165, 1.54) is 16.0 Å². The van der Waals surface area contributed by atoms with Crippen LogP contribution in [0.2, 0.25) is 0 Å². The number of aromatic nitrogens is 1. The summed E-state index contributed by atoms with van der Waals surface area (Å²) < 4.78 is 0. The summed E-state index contributed by atoms with van der Waals surface area (Å²) in [5.74, 6) is 0. The SMILES string of the molecule is Cc1ccc(-c2nc(-c3cccc(CN)c3)sc2C)cc1. The molecule has 106 valence electrons. The molecule has 1 aromatic heterocycles. The number of hydrogen-bond donors (Lipinski definition) is 1. The summed E-state index contributed by atoms with van der Waals surface area (Å²) in [4.78, 5) is 6.08. The van der Waals surface area contributed by atoms with Gasteiger partial charge in [-0.3, -0.25) is 0 Å². The summed E-state index contributed by atoms with van der Waals surface area (Å²) in [6.07, 6.45) is 0. The Kier molecular flexibility index (Phi) is 3.86. The highest BCUT2D eigenvalue weighted by atomic mass is 32.1. The van der Waals surface area contributed by atoms with Crippen molar-refractivity contribution in [3.05, 3.63) is 64.5 Å². The Morgan fingerprint density at radius 2 is 1.76 bits per heavy atom. The van der Waals surface area contributed by atoms with E-state index in [9.17, 15) is 0 Å². The van der Waals surface area contributed by atoms with Crippen LogP contribution < -0.4 is 5.73 Å². The first-order valence-corrected chi connectivity index (χ1v) is 7.83. The van der Waals surface area contributed by atoms with E-state index in [1.807, 2.05) is 12.1 Å². The van der Waals surface area contributed by atoms with Crippen LogP contribution in [-0.2, 0) is 6.54 Å². The van der Waals surface area contributed by atoms with Crippen LogP contribution in [0, 0.1) is 13.8 Å². The molecule has 3 heteroatoms. The predicted octanol–water partition coefficient (Wildman–Crippen LogP) is 4.55. The molecular formula is C18H18N2S. The van der Waals surface area contributed by atoms with Gasteiger partial charge in [0.15, 0.2) is 0 Å². The number of aryl methyl sites for hydroxylation is 2. The molecule has 0 unspecified atom stereocenters. The molecule has 0 spiro atoms. The molecule has 21 heavy (non-hydrogen) atoms. The van der Waals surface area contributed by atoms with Crippen LogP contribution in [0.3, 0.4) is 0 Å². The first-order chi connectivity index (χ1) is 10.2. The zero-order valence-electron chi connectivity index (χ0n) is 12.3. The van der Waals surface area contributed by atoms with E-state index in [1.54, 1.807) is 11.3 Å². The summed E-state index contributed by atoms with van der Waals surface area (Å²) in [7, 11) is 0. The lowest BCUT2D eigenvalue weighted by Crippen LogP contribution is -1.95. The fourth-order valence-corrected chi connectivity index (χ4v) is 3.26. The second-order valence-corrected chi connectivity index (χ2v) is 6.40. The summed E-state index contributed by atoms with van der Waals surface area (Å²) in [6.45, 7) is 4.79. The van der Waals surface area contributed by atoms with Crippen molar-refractivity contribution in [3.63, 3.8) is 0 Å². The number of hydrogen-bond acceptors (Lipinski definition) is 3. The minimum absolute atomic E-state index is 0.559. The van der Waals surface area contributed by atoms with E-state index in [0.717, 1.165) is 21.8 Å². The molecule has 0 aliphatic heterocycles. The summed E-state index contributed by atoms with van der Waals surface area (Å²) >= 11 is 1.73. The minimum Gasteiger partial charge on any atom is -0.326 e. The third-order valence-corrected chi connectivity index (χ3v) is 4.55. The molecule has 0 amide bonds. The van der Waals surface area contributed by atoms with Crippen molar-refractivity contribution in [3.8, 4) is 21.8 Å². The smallest absolute Gasteiger partial charge is 0.124 e. The van der Waals surface area contributed by atoms with Crippen molar-refractivity contribution in [2.75, 3.05) is 0 Å². The quantitative estimate of drug-likeness (QED) is 0.769. The third-order valence-electron chi connectivity index (χ3n) is 3.53. The van der Waals surface area contributed by atoms with Crippen molar-refractivity contribution >= 4 is 11.3 Å². The molecule has 3 rings (SSSR count). The molecule has 2 aromatic carbocycles. The predicted molar refractivity (Wildman–Crippen MR) is 90.4 cm³/mol. The standard InChI is InChI=1S/C18H18N2S/c1-12-6-8-15(9-7-12)17-13(2)21-18(20-17)16-5-3-4-14(10-16)11-19/h3-10H,11,19H2,1-2H3. The van der Waals surface area contributed by atoms with Crippen molar-refractivity contribution in [1.29, 1.82) is 0 Å². The summed E-state index contributed by atoms with van der Waals surface area (Å²) in [5.41, 5.74) is 11.5. The number of rotatable bonds is 3. The van der Waals surface area contributed by atoms with Crippen LogP contribution in [-0.4, -0.2) is 4.98 Å². The van der Waals surface area contributed by atoms with Gasteiger partial charge >= 0.3 is 0 Å². The molecule has 0 radical (unpaired) electrons. The lowest BCUT2D eigenvalue weighted by Gasteiger charge is -2.00. The highest BCUT2D eigenvalue weighted by molar-refractivity contribution is 7.15. The fourth-order valence-electron chi connectivity index (χ4n) is 2.33. The van der Waals surface area contributed by atoms with Gasteiger partial charge in [0.05, 0.1) is 5.69 Å².